The van der Waals surface area contributed by atoms with Gasteiger partial charge in [0.05, 0.1) is 4.90 Å². The number of rotatable bonds is 4. The Morgan fingerprint density at radius 1 is 1.18 bits per heavy atom. The predicted molar refractivity (Wildman–Crippen MR) is 84.9 cm³/mol. The minimum absolute atomic E-state index is 0.0137. The molecule has 0 unspecified atom stereocenters. The second-order valence-corrected chi connectivity index (χ2v) is 7.59. The van der Waals surface area contributed by atoms with Crippen molar-refractivity contribution in [1.29, 1.82) is 0 Å². The largest absolute Gasteiger partial charge is 0.240 e. The summed E-state index contributed by atoms with van der Waals surface area (Å²) in [6.07, 6.45) is 1.71. The highest BCUT2D eigenvalue weighted by Crippen LogP contribution is 2.33. The number of halogens is 2. The maximum atomic E-state index is 14.3. The molecular formula is C16H15ClFNO2S. The predicted octanol–water partition coefficient (Wildman–Crippen LogP) is 3.90. The van der Waals surface area contributed by atoms with Crippen LogP contribution < -0.4 is 4.72 Å². The molecule has 0 amide bonds. The fraction of sp³-hybridized carbons (Fsp3) is 0.250. The van der Waals surface area contributed by atoms with Gasteiger partial charge in [0.1, 0.15) is 5.82 Å². The van der Waals surface area contributed by atoms with Crippen molar-refractivity contribution < 1.29 is 12.8 Å². The molecule has 3 nitrogen and oxygen atoms in total. The monoisotopic (exact) mass is 339 g/mol. The Kier molecular flexibility index (Phi) is 3.97. The summed E-state index contributed by atoms with van der Waals surface area (Å²) in [4.78, 5) is 0.0970. The Labute approximate surface area is 134 Å². The molecule has 0 atom stereocenters. The Morgan fingerprint density at radius 3 is 2.59 bits per heavy atom. The molecule has 1 aliphatic rings. The first-order valence-corrected chi connectivity index (χ1v) is 8.82. The van der Waals surface area contributed by atoms with Crippen molar-refractivity contribution >= 4 is 21.6 Å². The fourth-order valence-electron chi connectivity index (χ4n) is 2.22. The average Bonchev–Trinajstić information content (AvgIpc) is 3.26. The van der Waals surface area contributed by atoms with E-state index in [1.165, 1.54) is 18.2 Å². The van der Waals surface area contributed by atoms with Crippen molar-refractivity contribution in [2.24, 2.45) is 0 Å². The molecule has 6 heteroatoms. The van der Waals surface area contributed by atoms with Crippen LogP contribution in [0.25, 0.3) is 11.1 Å². The fourth-order valence-corrected chi connectivity index (χ4v) is 3.77. The van der Waals surface area contributed by atoms with Gasteiger partial charge < -0.3 is 0 Å². The smallest absolute Gasteiger partial charge is 0.208 e. The second-order valence-electron chi connectivity index (χ2n) is 5.47. The molecule has 0 saturated heterocycles. The maximum absolute atomic E-state index is 14.3. The van der Waals surface area contributed by atoms with Crippen molar-refractivity contribution in [3.63, 3.8) is 0 Å². The topological polar surface area (TPSA) is 46.2 Å². The van der Waals surface area contributed by atoms with Crippen LogP contribution in [-0.4, -0.2) is 14.5 Å². The molecule has 0 heterocycles. The van der Waals surface area contributed by atoms with Crippen molar-refractivity contribution in [3.05, 3.63) is 52.8 Å². The van der Waals surface area contributed by atoms with E-state index in [1.54, 1.807) is 25.1 Å². The van der Waals surface area contributed by atoms with Crippen molar-refractivity contribution in [3.8, 4) is 11.1 Å². The third-order valence-electron chi connectivity index (χ3n) is 3.63. The normalized spacial score (nSPS) is 15.0. The number of sulfonamides is 1. The molecule has 116 valence electrons. The van der Waals surface area contributed by atoms with E-state index >= 15 is 0 Å². The highest BCUT2D eigenvalue weighted by Gasteiger charge is 2.28. The SMILES string of the molecule is Cc1cccc(-c2cc(S(=O)(=O)NC3CC3)ccc2Cl)c1F. The molecule has 1 fully saturated rings. The molecule has 0 radical (unpaired) electrons. The van der Waals surface area contributed by atoms with Crippen molar-refractivity contribution in [2.45, 2.75) is 30.7 Å². The molecule has 1 N–H and O–H groups in total. The van der Waals surface area contributed by atoms with Gasteiger partial charge in [-0.15, -0.1) is 0 Å². The van der Waals surface area contributed by atoms with Gasteiger partial charge in [-0.25, -0.2) is 17.5 Å². The summed E-state index contributed by atoms with van der Waals surface area (Å²) in [5.41, 5.74) is 1.16. The number of hydrogen-bond donors (Lipinski definition) is 1. The Morgan fingerprint density at radius 2 is 1.91 bits per heavy atom. The van der Waals surface area contributed by atoms with Crippen LogP contribution in [-0.2, 0) is 10.0 Å². The Bertz CT molecular complexity index is 832. The second kappa shape index (κ2) is 5.65. The molecule has 0 spiro atoms. The van der Waals surface area contributed by atoms with Gasteiger partial charge in [0.15, 0.2) is 0 Å². The van der Waals surface area contributed by atoms with Gasteiger partial charge in [0.2, 0.25) is 10.0 Å². The third-order valence-corrected chi connectivity index (χ3v) is 5.48. The summed E-state index contributed by atoms with van der Waals surface area (Å²) < 4.78 is 41.5. The van der Waals surface area contributed by atoms with Gasteiger partial charge in [0, 0.05) is 22.2 Å². The van der Waals surface area contributed by atoms with Gasteiger partial charge in [-0.2, -0.15) is 0 Å². The quantitative estimate of drug-likeness (QED) is 0.918. The Hall–Kier alpha value is -1.43. The lowest BCUT2D eigenvalue weighted by Crippen LogP contribution is -2.25. The van der Waals surface area contributed by atoms with Gasteiger partial charge in [-0.05, 0) is 43.5 Å². The number of benzene rings is 2. The van der Waals surface area contributed by atoms with Crippen LogP contribution >= 0.6 is 11.6 Å². The van der Waals surface area contributed by atoms with E-state index in [9.17, 15) is 12.8 Å². The summed E-state index contributed by atoms with van der Waals surface area (Å²) in [5, 5.41) is 0.315. The van der Waals surface area contributed by atoms with Crippen LogP contribution in [0.2, 0.25) is 5.02 Å². The van der Waals surface area contributed by atoms with E-state index in [-0.39, 0.29) is 10.9 Å². The van der Waals surface area contributed by atoms with Gasteiger partial charge >= 0.3 is 0 Å². The zero-order valence-corrected chi connectivity index (χ0v) is 13.5. The standard InChI is InChI=1S/C16H15ClFNO2S/c1-10-3-2-4-13(16(10)18)14-9-12(7-8-15(14)17)22(20,21)19-11-5-6-11/h2-4,7-9,11,19H,5-6H2,1H3. The maximum Gasteiger partial charge on any atom is 0.240 e. The van der Waals surface area contributed by atoms with Crippen LogP contribution in [0.4, 0.5) is 4.39 Å². The first-order valence-electron chi connectivity index (χ1n) is 6.96. The first kappa shape index (κ1) is 15.5. The lowest BCUT2D eigenvalue weighted by Gasteiger charge is -2.11. The minimum Gasteiger partial charge on any atom is -0.208 e. The number of aryl methyl sites for hydroxylation is 1. The highest BCUT2D eigenvalue weighted by molar-refractivity contribution is 7.89. The molecule has 1 aliphatic carbocycles. The summed E-state index contributed by atoms with van der Waals surface area (Å²) >= 11 is 6.14. The van der Waals surface area contributed by atoms with E-state index in [4.69, 9.17) is 11.6 Å². The molecule has 22 heavy (non-hydrogen) atoms. The molecule has 0 aliphatic heterocycles. The molecule has 2 aromatic carbocycles. The lowest BCUT2D eigenvalue weighted by atomic mass is 10.0. The van der Waals surface area contributed by atoms with Crippen molar-refractivity contribution in [1.82, 2.24) is 4.72 Å². The molecule has 0 aromatic heterocycles. The van der Waals surface area contributed by atoms with Gasteiger partial charge in [0.25, 0.3) is 0 Å². The van der Waals surface area contributed by atoms with Crippen LogP contribution in [0.1, 0.15) is 18.4 Å². The van der Waals surface area contributed by atoms with Crippen LogP contribution in [0.3, 0.4) is 0 Å². The molecule has 1 saturated carbocycles. The van der Waals surface area contributed by atoms with E-state index in [1.807, 2.05) is 0 Å². The minimum atomic E-state index is -3.60. The number of nitrogens with one attached hydrogen (secondary N) is 1. The molecule has 3 rings (SSSR count). The summed E-state index contributed by atoms with van der Waals surface area (Å²) in [6.45, 7) is 1.65. The van der Waals surface area contributed by atoms with Crippen LogP contribution in [0.15, 0.2) is 41.3 Å². The first-order chi connectivity index (χ1) is 10.4. The van der Waals surface area contributed by atoms with Gasteiger partial charge in [-0.3, -0.25) is 0 Å². The van der Waals surface area contributed by atoms with E-state index in [2.05, 4.69) is 4.72 Å². The zero-order chi connectivity index (χ0) is 15.9. The molecule has 0 bridgehead atoms. The highest BCUT2D eigenvalue weighted by atomic mass is 35.5. The Balaban J connectivity index is 2.09. The van der Waals surface area contributed by atoms with Crippen molar-refractivity contribution in [2.75, 3.05) is 0 Å². The average molecular weight is 340 g/mol. The lowest BCUT2D eigenvalue weighted by molar-refractivity contribution is 0.581. The summed E-state index contributed by atoms with van der Waals surface area (Å²) in [6, 6.07) is 9.32. The van der Waals surface area contributed by atoms with E-state index < -0.39 is 15.8 Å². The van der Waals surface area contributed by atoms with Gasteiger partial charge in [-0.1, -0.05) is 29.8 Å². The van der Waals surface area contributed by atoms with Crippen LogP contribution in [0.5, 0.6) is 0 Å². The summed E-state index contributed by atoms with van der Waals surface area (Å²) in [7, 11) is -3.60. The van der Waals surface area contributed by atoms with E-state index in [0.717, 1.165) is 12.8 Å². The zero-order valence-electron chi connectivity index (χ0n) is 11.9. The van der Waals surface area contributed by atoms with Crippen LogP contribution in [0, 0.1) is 12.7 Å². The summed E-state index contributed by atoms with van der Waals surface area (Å²) in [5.74, 6) is -0.394. The molecular weight excluding hydrogens is 325 g/mol. The molecule has 2 aromatic rings. The van der Waals surface area contributed by atoms with E-state index in [0.29, 0.717) is 21.7 Å². The third kappa shape index (κ3) is 3.02. The number of hydrogen-bond acceptors (Lipinski definition) is 2.